The molecule has 9 heteroatoms. The summed E-state index contributed by atoms with van der Waals surface area (Å²) < 4.78 is 28.0. The molecule has 0 bridgehead atoms. The molecule has 0 saturated carbocycles. The molecule has 0 aliphatic rings. The van der Waals surface area contributed by atoms with Gasteiger partial charge in [0.25, 0.3) is 5.91 Å². The number of nitrogens with zero attached hydrogens (tertiary/aromatic N) is 2. The van der Waals surface area contributed by atoms with Crippen molar-refractivity contribution in [3.05, 3.63) is 111 Å². The number of amides is 1. The highest BCUT2D eigenvalue weighted by Gasteiger charge is 2.21. The van der Waals surface area contributed by atoms with E-state index in [2.05, 4.69) is 15.5 Å². The van der Waals surface area contributed by atoms with Crippen LogP contribution in [0.15, 0.2) is 72.0 Å². The Morgan fingerprint density at radius 3 is 2.63 bits per heavy atom. The van der Waals surface area contributed by atoms with Gasteiger partial charge in [-0.25, -0.2) is 8.78 Å². The van der Waals surface area contributed by atoms with E-state index in [0.29, 0.717) is 12.0 Å². The van der Waals surface area contributed by atoms with Crippen LogP contribution in [0.1, 0.15) is 39.2 Å². The maximum Gasteiger partial charge on any atom is 0.252 e. The summed E-state index contributed by atoms with van der Waals surface area (Å²) in [7, 11) is 0. The molecule has 35 heavy (non-hydrogen) atoms. The first-order valence-corrected chi connectivity index (χ1v) is 10.9. The molecule has 3 aromatic rings. The van der Waals surface area contributed by atoms with Crippen LogP contribution >= 0.6 is 0 Å². The first kappa shape index (κ1) is 25.4. The lowest BCUT2D eigenvalue weighted by molar-refractivity contribution is 0.0934. The number of halogens is 2. The van der Waals surface area contributed by atoms with Crippen LogP contribution in [-0.2, 0) is 6.42 Å². The van der Waals surface area contributed by atoms with Crippen LogP contribution in [0, 0.1) is 28.9 Å². The molecule has 3 rings (SSSR count). The summed E-state index contributed by atoms with van der Waals surface area (Å²) in [5.74, 6) is -1.77. The molecular formula is C26H25F2N5O2. The molecule has 7 nitrogen and oxygen atoms in total. The number of nitroso groups, excluding NO2 is 1. The molecule has 1 amide bonds. The number of benzene rings is 2. The lowest BCUT2D eigenvalue weighted by Gasteiger charge is -2.19. The number of allylic oxidation sites excluding steroid dienone is 1. The zero-order valence-corrected chi connectivity index (χ0v) is 19.1. The van der Waals surface area contributed by atoms with Crippen LogP contribution in [0.3, 0.4) is 0 Å². The fraction of sp³-hybridized carbons (Fsp3) is 0.192. The van der Waals surface area contributed by atoms with Crippen molar-refractivity contribution < 1.29 is 13.6 Å². The number of pyridine rings is 1. The van der Waals surface area contributed by atoms with Gasteiger partial charge in [-0.1, -0.05) is 11.2 Å². The van der Waals surface area contributed by atoms with Gasteiger partial charge in [0.05, 0.1) is 17.8 Å². The predicted molar refractivity (Wildman–Crippen MR) is 131 cm³/mol. The highest BCUT2D eigenvalue weighted by molar-refractivity contribution is 6.11. The number of nitrogens with one attached hydrogen (secondary N) is 2. The summed E-state index contributed by atoms with van der Waals surface area (Å²) in [4.78, 5) is 28.2. The van der Waals surface area contributed by atoms with Gasteiger partial charge in [-0.05, 0) is 79.1 Å². The molecule has 0 spiro atoms. The van der Waals surface area contributed by atoms with Gasteiger partial charge in [0.2, 0.25) is 0 Å². The van der Waals surface area contributed by atoms with Gasteiger partial charge in [-0.2, -0.15) is 4.91 Å². The van der Waals surface area contributed by atoms with Crippen molar-refractivity contribution in [1.82, 2.24) is 10.3 Å². The van der Waals surface area contributed by atoms with Gasteiger partial charge in [0.1, 0.15) is 11.6 Å². The Balaban J connectivity index is 1.87. The Kier molecular flexibility index (Phi) is 8.50. The van der Waals surface area contributed by atoms with E-state index >= 15 is 0 Å². The number of aromatic nitrogens is 1. The van der Waals surface area contributed by atoms with Gasteiger partial charge in [-0.15, -0.1) is 0 Å². The fourth-order valence-electron chi connectivity index (χ4n) is 3.61. The molecule has 2 aromatic carbocycles. The lowest BCUT2D eigenvalue weighted by Crippen LogP contribution is -2.38. The molecular weight excluding hydrogens is 452 g/mol. The smallest absolute Gasteiger partial charge is 0.252 e. The minimum atomic E-state index is -0.732. The van der Waals surface area contributed by atoms with E-state index in [1.54, 1.807) is 6.20 Å². The van der Waals surface area contributed by atoms with Gasteiger partial charge in [0.15, 0.2) is 0 Å². The Morgan fingerprint density at radius 1 is 1.20 bits per heavy atom. The highest BCUT2D eigenvalue weighted by atomic mass is 19.1. The maximum atomic E-state index is 14.8. The molecule has 0 aliphatic heterocycles. The Labute approximate surface area is 201 Å². The summed E-state index contributed by atoms with van der Waals surface area (Å²) in [6.45, 7) is 1.91. The van der Waals surface area contributed by atoms with Crippen molar-refractivity contribution in [3.63, 3.8) is 0 Å². The van der Waals surface area contributed by atoms with Gasteiger partial charge in [-0.3, -0.25) is 9.78 Å². The normalized spacial score (nSPS) is 12.1. The van der Waals surface area contributed by atoms with E-state index in [0.717, 1.165) is 11.3 Å². The van der Waals surface area contributed by atoms with E-state index < -0.39 is 23.6 Å². The number of aryl methyl sites for hydroxylation is 1. The van der Waals surface area contributed by atoms with Crippen LogP contribution in [0.4, 0.5) is 8.78 Å². The molecule has 180 valence electrons. The van der Waals surface area contributed by atoms with E-state index in [1.165, 1.54) is 48.5 Å². The van der Waals surface area contributed by atoms with Crippen molar-refractivity contribution in [1.29, 1.82) is 5.41 Å². The van der Waals surface area contributed by atoms with E-state index in [1.807, 2.05) is 19.1 Å². The molecule has 4 N–H and O–H groups in total. The van der Waals surface area contributed by atoms with Gasteiger partial charge in [0, 0.05) is 35.6 Å². The number of carbonyl (C=O) groups excluding carboxylic acids is 1. The third kappa shape index (κ3) is 6.86. The first-order chi connectivity index (χ1) is 16.8. The number of hydrogen-bond acceptors (Lipinski definition) is 6. The summed E-state index contributed by atoms with van der Waals surface area (Å²) in [6.07, 6.45) is 3.50. The second-order valence-corrected chi connectivity index (χ2v) is 8.02. The Bertz CT molecular complexity index is 1260. The van der Waals surface area contributed by atoms with E-state index in [-0.39, 0.29) is 35.5 Å². The minimum absolute atomic E-state index is 0.0103. The molecule has 0 aliphatic carbocycles. The second kappa shape index (κ2) is 11.7. The third-order valence-electron chi connectivity index (χ3n) is 5.33. The van der Waals surface area contributed by atoms with Crippen molar-refractivity contribution in [2.45, 2.75) is 25.8 Å². The number of rotatable bonds is 10. The molecule has 1 heterocycles. The van der Waals surface area contributed by atoms with E-state index in [9.17, 15) is 18.5 Å². The highest BCUT2D eigenvalue weighted by Crippen LogP contribution is 2.21. The zero-order chi connectivity index (χ0) is 25.4. The standard InChI is InChI=1S/C26H25F2N5O2/c1-16-9-11-31-20(13-16)14-19(10-12-32-35)33-26(34)21-3-2-4-22(28)25(21)24(30)15-23(29)17-5-7-18(27)8-6-17/h2-9,11,13,15,19,29H,10,12,14,30H2,1H3,(H,33,34)/t19-/m1/s1. The molecule has 0 radical (unpaired) electrons. The van der Waals surface area contributed by atoms with Crippen molar-refractivity contribution >= 4 is 17.3 Å². The Morgan fingerprint density at radius 2 is 1.94 bits per heavy atom. The summed E-state index contributed by atoms with van der Waals surface area (Å²) in [5.41, 5.74) is 7.85. The lowest BCUT2D eigenvalue weighted by atomic mass is 9.99. The predicted octanol–water partition coefficient (Wildman–Crippen LogP) is 4.53. The molecule has 0 saturated heterocycles. The first-order valence-electron chi connectivity index (χ1n) is 10.9. The monoisotopic (exact) mass is 477 g/mol. The molecule has 1 atom stereocenters. The van der Waals surface area contributed by atoms with Crippen LogP contribution in [0.5, 0.6) is 0 Å². The average Bonchev–Trinajstić information content (AvgIpc) is 2.82. The summed E-state index contributed by atoms with van der Waals surface area (Å²) in [6, 6.07) is 12.4. The number of carbonyl (C=O) groups is 1. The average molecular weight is 478 g/mol. The fourth-order valence-corrected chi connectivity index (χ4v) is 3.61. The molecule has 1 aromatic heterocycles. The SMILES string of the molecule is Cc1ccnc(C[C@@H](CCN=O)NC(=O)c2cccc(F)c2C(N)=CC(=N)c2ccc(F)cc2)c1. The van der Waals surface area contributed by atoms with Crippen LogP contribution in [0.2, 0.25) is 0 Å². The molecule has 0 unspecified atom stereocenters. The van der Waals surface area contributed by atoms with Crippen LogP contribution in [0.25, 0.3) is 5.70 Å². The number of nitrogens with two attached hydrogens (primary N) is 1. The molecule has 0 fully saturated rings. The van der Waals surface area contributed by atoms with Crippen molar-refractivity contribution in [2.24, 2.45) is 10.9 Å². The topological polar surface area (TPSA) is 121 Å². The van der Waals surface area contributed by atoms with Crippen molar-refractivity contribution in [2.75, 3.05) is 6.54 Å². The second-order valence-electron chi connectivity index (χ2n) is 8.02. The van der Waals surface area contributed by atoms with Gasteiger partial charge >= 0.3 is 0 Å². The summed E-state index contributed by atoms with van der Waals surface area (Å²) >= 11 is 0. The minimum Gasteiger partial charge on any atom is -0.398 e. The zero-order valence-electron chi connectivity index (χ0n) is 19.1. The number of hydrogen-bond donors (Lipinski definition) is 3. The van der Waals surface area contributed by atoms with Gasteiger partial charge < -0.3 is 16.5 Å². The van der Waals surface area contributed by atoms with E-state index in [4.69, 9.17) is 11.1 Å². The Hall–Kier alpha value is -4.27. The quantitative estimate of drug-likeness (QED) is 0.293. The largest absolute Gasteiger partial charge is 0.398 e. The maximum absolute atomic E-state index is 14.8. The van der Waals surface area contributed by atoms with Crippen LogP contribution in [-0.4, -0.2) is 29.2 Å². The van der Waals surface area contributed by atoms with Crippen LogP contribution < -0.4 is 11.1 Å². The summed E-state index contributed by atoms with van der Waals surface area (Å²) in [5, 5.41) is 13.9. The third-order valence-corrected chi connectivity index (χ3v) is 5.33. The van der Waals surface area contributed by atoms with Crippen molar-refractivity contribution in [3.8, 4) is 0 Å².